The summed E-state index contributed by atoms with van der Waals surface area (Å²) in [5, 5.41) is 4.13. The van der Waals surface area contributed by atoms with Crippen LogP contribution in [0, 0.1) is 5.82 Å². The van der Waals surface area contributed by atoms with E-state index in [1.807, 2.05) is 32.2 Å². The molecule has 2 N–H and O–H groups in total. The maximum atomic E-state index is 13.9. The van der Waals surface area contributed by atoms with Crippen LogP contribution in [0.2, 0.25) is 0 Å². The van der Waals surface area contributed by atoms with Crippen LogP contribution < -0.4 is 5.32 Å². The van der Waals surface area contributed by atoms with E-state index in [2.05, 4.69) is 29.4 Å². The molecule has 0 bridgehead atoms. The molecule has 2 aromatic carbocycles. The quantitative estimate of drug-likeness (QED) is 0.585. The molecule has 1 aromatic heterocycles. The van der Waals surface area contributed by atoms with Crippen LogP contribution >= 0.6 is 0 Å². The molecular weight excluding hydrogens is 339 g/mol. The first-order valence-corrected chi connectivity index (χ1v) is 9.67. The number of halogens is 1. The van der Waals surface area contributed by atoms with Crippen LogP contribution in [0.4, 0.5) is 4.39 Å². The predicted octanol–water partition coefficient (Wildman–Crippen LogP) is 5.31. The number of fused-ring (bicyclic) bond motifs is 1. The maximum absolute atomic E-state index is 13.9. The number of hydrogen-bond donors (Lipinski definition) is 2. The molecule has 142 valence electrons. The third-order valence-corrected chi connectivity index (χ3v) is 5.25. The first-order valence-electron chi connectivity index (χ1n) is 9.67. The Morgan fingerprint density at radius 1 is 1.19 bits per heavy atom. The fourth-order valence-electron chi connectivity index (χ4n) is 3.57. The van der Waals surface area contributed by atoms with Crippen molar-refractivity contribution < 1.29 is 9.18 Å². The number of carbonyl (C=O) groups is 1. The van der Waals surface area contributed by atoms with Gasteiger partial charge in [0, 0.05) is 35.5 Å². The number of aromatic nitrogens is 1. The lowest BCUT2D eigenvalue weighted by Gasteiger charge is -2.19. The van der Waals surface area contributed by atoms with E-state index < -0.39 is 0 Å². The Balaban J connectivity index is 2.03. The lowest BCUT2D eigenvalue weighted by molar-refractivity contribution is -0.121. The zero-order valence-corrected chi connectivity index (χ0v) is 16.2. The second-order valence-electron chi connectivity index (χ2n) is 7.13. The average molecular weight is 366 g/mol. The first kappa shape index (κ1) is 19.2. The fraction of sp³-hybridized carbons (Fsp3) is 0.348. The fourth-order valence-corrected chi connectivity index (χ4v) is 3.57. The van der Waals surface area contributed by atoms with Gasteiger partial charge in [-0.15, -0.1) is 0 Å². The monoisotopic (exact) mass is 366 g/mol. The molecule has 0 aliphatic heterocycles. The molecule has 0 aliphatic rings. The van der Waals surface area contributed by atoms with Crippen molar-refractivity contribution in [1.29, 1.82) is 0 Å². The van der Waals surface area contributed by atoms with Crippen LogP contribution in [0.1, 0.15) is 56.2 Å². The summed E-state index contributed by atoms with van der Waals surface area (Å²) in [5.74, 6) is -0.501. The molecule has 0 radical (unpaired) electrons. The second kappa shape index (κ2) is 8.38. The minimum absolute atomic E-state index is 0.0143. The Morgan fingerprint density at radius 3 is 2.67 bits per heavy atom. The molecule has 0 spiro atoms. The van der Waals surface area contributed by atoms with Gasteiger partial charge in [0.15, 0.2) is 0 Å². The molecule has 0 saturated heterocycles. The molecule has 3 rings (SSSR count). The van der Waals surface area contributed by atoms with Crippen LogP contribution in [0.15, 0.2) is 48.7 Å². The normalized spacial score (nSPS) is 13.5. The number of nitrogens with one attached hydrogen (secondary N) is 2. The summed E-state index contributed by atoms with van der Waals surface area (Å²) in [7, 11) is 0. The number of carbonyl (C=O) groups excluding carboxylic acids is 1. The van der Waals surface area contributed by atoms with Gasteiger partial charge in [-0.3, -0.25) is 4.79 Å². The van der Waals surface area contributed by atoms with Gasteiger partial charge < -0.3 is 10.3 Å². The van der Waals surface area contributed by atoms with Gasteiger partial charge in [-0.25, -0.2) is 4.39 Å². The summed E-state index contributed by atoms with van der Waals surface area (Å²) in [4.78, 5) is 16.0. The molecule has 1 heterocycles. The van der Waals surface area contributed by atoms with Crippen molar-refractivity contribution in [3.05, 3.63) is 71.2 Å². The summed E-state index contributed by atoms with van der Waals surface area (Å²) in [6.07, 6.45) is 4.06. The highest BCUT2D eigenvalue weighted by molar-refractivity contribution is 5.88. The summed E-state index contributed by atoms with van der Waals surface area (Å²) in [6, 6.07) is 12.9. The van der Waals surface area contributed by atoms with E-state index in [1.165, 1.54) is 17.7 Å². The Bertz CT molecular complexity index is 931. The van der Waals surface area contributed by atoms with Crippen molar-refractivity contribution in [2.24, 2.45) is 0 Å². The molecule has 4 heteroatoms. The number of H-pyrrole nitrogens is 1. The molecule has 0 aliphatic carbocycles. The summed E-state index contributed by atoms with van der Waals surface area (Å²) >= 11 is 0. The zero-order chi connectivity index (χ0) is 19.4. The van der Waals surface area contributed by atoms with Crippen LogP contribution in [0.5, 0.6) is 0 Å². The Labute approximate surface area is 160 Å². The van der Waals surface area contributed by atoms with Crippen molar-refractivity contribution in [3.63, 3.8) is 0 Å². The number of aryl methyl sites for hydroxylation is 1. The molecule has 2 atom stereocenters. The molecule has 27 heavy (non-hydrogen) atoms. The lowest BCUT2D eigenvalue weighted by Crippen LogP contribution is -2.33. The van der Waals surface area contributed by atoms with Crippen LogP contribution in [-0.2, 0) is 11.2 Å². The van der Waals surface area contributed by atoms with Gasteiger partial charge >= 0.3 is 0 Å². The van der Waals surface area contributed by atoms with Crippen LogP contribution in [-0.4, -0.2) is 16.9 Å². The SMILES string of the molecule is CCc1cccc2c([C@@H](CC(=O)N[C@H](C)CC)c3cccc(F)c3)c[nH]c12. The van der Waals surface area contributed by atoms with Crippen molar-refractivity contribution in [2.45, 2.75) is 52.0 Å². The molecule has 1 amide bonds. The topological polar surface area (TPSA) is 44.9 Å². The molecule has 0 fully saturated rings. The Morgan fingerprint density at radius 2 is 1.96 bits per heavy atom. The minimum atomic E-state index is -0.283. The van der Waals surface area contributed by atoms with Crippen LogP contribution in [0.25, 0.3) is 10.9 Å². The summed E-state index contributed by atoms with van der Waals surface area (Å²) < 4.78 is 13.9. The van der Waals surface area contributed by atoms with Gasteiger partial charge in [0.25, 0.3) is 0 Å². The van der Waals surface area contributed by atoms with Gasteiger partial charge in [-0.05, 0) is 48.6 Å². The zero-order valence-electron chi connectivity index (χ0n) is 16.2. The highest BCUT2D eigenvalue weighted by atomic mass is 19.1. The van der Waals surface area contributed by atoms with E-state index in [4.69, 9.17) is 0 Å². The third kappa shape index (κ3) is 4.21. The largest absolute Gasteiger partial charge is 0.361 e. The first-order chi connectivity index (χ1) is 13.0. The molecule has 3 nitrogen and oxygen atoms in total. The van der Waals surface area contributed by atoms with Gasteiger partial charge in [0.1, 0.15) is 5.82 Å². The average Bonchev–Trinajstić information content (AvgIpc) is 3.09. The highest BCUT2D eigenvalue weighted by Crippen LogP contribution is 2.34. The van der Waals surface area contributed by atoms with Gasteiger partial charge in [-0.2, -0.15) is 0 Å². The number of benzene rings is 2. The van der Waals surface area contributed by atoms with Crippen molar-refractivity contribution >= 4 is 16.8 Å². The standard InChI is InChI=1S/C23H27FN2O/c1-4-15(3)26-22(27)13-20(17-9-6-10-18(24)12-17)21-14-25-23-16(5-2)8-7-11-19(21)23/h6-12,14-15,20,25H,4-5,13H2,1-3H3,(H,26,27)/t15-,20+/m1/s1. The third-order valence-electron chi connectivity index (χ3n) is 5.25. The van der Waals surface area contributed by atoms with E-state index in [0.717, 1.165) is 34.9 Å². The number of aromatic amines is 1. The Hall–Kier alpha value is -2.62. The smallest absolute Gasteiger partial charge is 0.221 e. The lowest BCUT2D eigenvalue weighted by atomic mass is 9.87. The van der Waals surface area contributed by atoms with Crippen LogP contribution in [0.3, 0.4) is 0 Å². The minimum Gasteiger partial charge on any atom is -0.361 e. The van der Waals surface area contributed by atoms with E-state index >= 15 is 0 Å². The summed E-state index contributed by atoms with van der Waals surface area (Å²) in [6.45, 7) is 6.16. The molecule has 0 saturated carbocycles. The highest BCUT2D eigenvalue weighted by Gasteiger charge is 2.23. The van der Waals surface area contributed by atoms with E-state index in [-0.39, 0.29) is 30.1 Å². The van der Waals surface area contributed by atoms with E-state index in [1.54, 1.807) is 6.07 Å². The molecule has 0 unspecified atom stereocenters. The van der Waals surface area contributed by atoms with Gasteiger partial charge in [0.05, 0.1) is 0 Å². The van der Waals surface area contributed by atoms with Gasteiger partial charge in [-0.1, -0.05) is 44.2 Å². The maximum Gasteiger partial charge on any atom is 0.221 e. The van der Waals surface area contributed by atoms with Crippen molar-refractivity contribution in [3.8, 4) is 0 Å². The molecular formula is C23H27FN2O. The van der Waals surface area contributed by atoms with E-state index in [0.29, 0.717) is 0 Å². The molecule has 3 aromatic rings. The Kier molecular flexibility index (Phi) is 5.94. The van der Waals surface area contributed by atoms with Crippen molar-refractivity contribution in [2.75, 3.05) is 0 Å². The number of amides is 1. The van der Waals surface area contributed by atoms with E-state index in [9.17, 15) is 9.18 Å². The number of rotatable bonds is 7. The second-order valence-corrected chi connectivity index (χ2v) is 7.13. The van der Waals surface area contributed by atoms with Crippen molar-refractivity contribution in [1.82, 2.24) is 10.3 Å². The summed E-state index contributed by atoms with van der Waals surface area (Å²) in [5.41, 5.74) is 4.18. The number of para-hydroxylation sites is 1. The van der Waals surface area contributed by atoms with Gasteiger partial charge in [0.2, 0.25) is 5.91 Å². The predicted molar refractivity (Wildman–Crippen MR) is 108 cm³/mol. The number of hydrogen-bond acceptors (Lipinski definition) is 1.